The molecular weight excluding hydrogens is 311 g/mol. The zero-order chi connectivity index (χ0) is 17.1. The Morgan fingerprint density at radius 2 is 1.79 bits per heavy atom. The lowest BCUT2D eigenvalue weighted by molar-refractivity contribution is -0.121. The van der Waals surface area contributed by atoms with E-state index in [0.29, 0.717) is 12.2 Å². The molecule has 0 saturated carbocycles. The molecule has 0 radical (unpaired) electrons. The van der Waals surface area contributed by atoms with Gasteiger partial charge in [-0.2, -0.15) is 0 Å². The summed E-state index contributed by atoms with van der Waals surface area (Å²) in [6.45, 7) is 0.463. The van der Waals surface area contributed by atoms with Crippen LogP contribution in [0.5, 0.6) is 5.75 Å². The molecule has 2 aromatic carbocycles. The molecule has 1 aliphatic rings. The molecule has 1 fully saturated rings. The molecule has 124 valence electrons. The number of nitrogens with one attached hydrogen (secondary N) is 1. The average molecular weight is 328 g/mol. The van der Waals surface area contributed by atoms with Gasteiger partial charge < -0.3 is 10.1 Å². The number of imide groups is 1. The molecule has 0 spiro atoms. The van der Waals surface area contributed by atoms with E-state index in [9.17, 15) is 14.0 Å². The number of anilines is 1. The van der Waals surface area contributed by atoms with Crippen molar-refractivity contribution in [3.05, 3.63) is 59.9 Å². The smallest absolute Gasteiger partial charge is 0.251 e. The van der Waals surface area contributed by atoms with Crippen LogP contribution in [-0.4, -0.2) is 25.0 Å². The summed E-state index contributed by atoms with van der Waals surface area (Å²) in [7, 11) is 1.60. The largest absolute Gasteiger partial charge is 0.497 e. The highest BCUT2D eigenvalue weighted by atomic mass is 19.1. The van der Waals surface area contributed by atoms with Crippen LogP contribution >= 0.6 is 0 Å². The Morgan fingerprint density at radius 1 is 1.12 bits per heavy atom. The van der Waals surface area contributed by atoms with Crippen LogP contribution in [-0.2, 0) is 16.1 Å². The van der Waals surface area contributed by atoms with Crippen LogP contribution in [0.1, 0.15) is 12.0 Å². The SMILES string of the molecule is COc1ccc(CN[C@H]2CC(=O)N(c3ccc(F)cc3)C2=O)cc1. The molecule has 0 unspecified atom stereocenters. The number of hydrogen-bond acceptors (Lipinski definition) is 4. The number of rotatable bonds is 5. The number of nitrogens with zero attached hydrogens (tertiary/aromatic N) is 1. The van der Waals surface area contributed by atoms with Crippen LogP contribution in [0.3, 0.4) is 0 Å². The van der Waals surface area contributed by atoms with Crippen molar-refractivity contribution in [2.24, 2.45) is 0 Å². The molecule has 24 heavy (non-hydrogen) atoms. The fraction of sp³-hybridized carbons (Fsp3) is 0.222. The monoisotopic (exact) mass is 328 g/mol. The highest BCUT2D eigenvalue weighted by molar-refractivity contribution is 6.22. The van der Waals surface area contributed by atoms with Crippen molar-refractivity contribution in [3.8, 4) is 5.75 Å². The van der Waals surface area contributed by atoms with Crippen molar-refractivity contribution >= 4 is 17.5 Å². The second-order valence-electron chi connectivity index (χ2n) is 5.53. The van der Waals surface area contributed by atoms with Gasteiger partial charge in [0.25, 0.3) is 5.91 Å². The topological polar surface area (TPSA) is 58.6 Å². The van der Waals surface area contributed by atoms with Crippen LogP contribution in [0.15, 0.2) is 48.5 Å². The van der Waals surface area contributed by atoms with Gasteiger partial charge >= 0.3 is 0 Å². The van der Waals surface area contributed by atoms with Gasteiger partial charge in [-0.25, -0.2) is 9.29 Å². The van der Waals surface area contributed by atoms with E-state index in [1.54, 1.807) is 7.11 Å². The average Bonchev–Trinajstić information content (AvgIpc) is 2.88. The van der Waals surface area contributed by atoms with Gasteiger partial charge in [0, 0.05) is 6.54 Å². The van der Waals surface area contributed by atoms with Gasteiger partial charge in [-0.3, -0.25) is 9.59 Å². The highest BCUT2D eigenvalue weighted by Crippen LogP contribution is 2.23. The van der Waals surface area contributed by atoms with E-state index in [2.05, 4.69) is 5.32 Å². The van der Waals surface area contributed by atoms with E-state index in [1.807, 2.05) is 24.3 Å². The molecule has 2 aromatic rings. The van der Waals surface area contributed by atoms with Gasteiger partial charge in [0.05, 0.1) is 25.3 Å². The fourth-order valence-electron chi connectivity index (χ4n) is 2.64. The Bertz CT molecular complexity index is 744. The highest BCUT2D eigenvalue weighted by Gasteiger charge is 2.39. The molecule has 1 N–H and O–H groups in total. The molecule has 5 nitrogen and oxygen atoms in total. The van der Waals surface area contributed by atoms with Crippen LogP contribution in [0.25, 0.3) is 0 Å². The van der Waals surface area contributed by atoms with Gasteiger partial charge in [0.15, 0.2) is 0 Å². The van der Waals surface area contributed by atoms with Crippen molar-refractivity contribution in [2.75, 3.05) is 12.0 Å². The number of carbonyl (C=O) groups is 2. The van der Waals surface area contributed by atoms with Crippen molar-refractivity contribution in [1.82, 2.24) is 5.32 Å². The standard InChI is InChI=1S/C18H17FN2O3/c1-24-15-8-2-12(3-9-15)11-20-16-10-17(22)21(18(16)23)14-6-4-13(19)5-7-14/h2-9,16,20H,10-11H2,1H3/t16-/m0/s1. The van der Waals surface area contributed by atoms with E-state index in [1.165, 1.54) is 24.3 Å². The van der Waals surface area contributed by atoms with Gasteiger partial charge in [-0.15, -0.1) is 0 Å². The number of benzene rings is 2. The molecule has 1 aliphatic heterocycles. The molecule has 1 atom stereocenters. The first-order chi connectivity index (χ1) is 11.6. The number of amides is 2. The van der Waals surface area contributed by atoms with Gasteiger partial charge in [0.2, 0.25) is 5.91 Å². The molecule has 2 amide bonds. The molecule has 0 aliphatic carbocycles. The first-order valence-corrected chi connectivity index (χ1v) is 7.57. The van der Waals surface area contributed by atoms with Crippen LogP contribution < -0.4 is 15.0 Å². The third kappa shape index (κ3) is 3.28. The summed E-state index contributed by atoms with van der Waals surface area (Å²) in [6.07, 6.45) is 0.0896. The maximum atomic E-state index is 13.0. The third-order valence-electron chi connectivity index (χ3n) is 3.94. The number of carbonyl (C=O) groups excluding carboxylic acids is 2. The zero-order valence-corrected chi connectivity index (χ0v) is 13.2. The Kier molecular flexibility index (Phi) is 4.57. The number of hydrogen-bond donors (Lipinski definition) is 1. The summed E-state index contributed by atoms with van der Waals surface area (Å²) in [5.41, 5.74) is 1.37. The minimum Gasteiger partial charge on any atom is -0.497 e. The summed E-state index contributed by atoms with van der Waals surface area (Å²) in [5.74, 6) is -0.264. The molecule has 0 aromatic heterocycles. The second kappa shape index (κ2) is 6.80. The van der Waals surface area contributed by atoms with E-state index in [-0.39, 0.29) is 18.2 Å². The molecule has 1 saturated heterocycles. The molecular formula is C18H17FN2O3. The number of ether oxygens (including phenoxy) is 1. The number of halogens is 1. The summed E-state index contributed by atoms with van der Waals surface area (Å²) in [6, 6.07) is 12.2. The minimum atomic E-state index is -0.579. The lowest BCUT2D eigenvalue weighted by atomic mass is 10.2. The van der Waals surface area contributed by atoms with Crippen LogP contribution in [0.4, 0.5) is 10.1 Å². The maximum Gasteiger partial charge on any atom is 0.251 e. The summed E-state index contributed by atoms with van der Waals surface area (Å²) in [5, 5.41) is 3.10. The molecule has 6 heteroatoms. The third-order valence-corrected chi connectivity index (χ3v) is 3.94. The van der Waals surface area contributed by atoms with Gasteiger partial charge in [-0.05, 0) is 42.0 Å². The van der Waals surface area contributed by atoms with E-state index in [0.717, 1.165) is 16.2 Å². The van der Waals surface area contributed by atoms with Crippen molar-refractivity contribution in [3.63, 3.8) is 0 Å². The summed E-state index contributed by atoms with van der Waals surface area (Å²) < 4.78 is 18.1. The molecule has 0 bridgehead atoms. The summed E-state index contributed by atoms with van der Waals surface area (Å²) in [4.78, 5) is 25.7. The van der Waals surface area contributed by atoms with Crippen LogP contribution in [0.2, 0.25) is 0 Å². The zero-order valence-electron chi connectivity index (χ0n) is 13.2. The predicted octanol–water partition coefficient (Wildman–Crippen LogP) is 2.26. The first kappa shape index (κ1) is 16.1. The van der Waals surface area contributed by atoms with E-state index < -0.39 is 11.9 Å². The Labute approximate surface area is 139 Å². The second-order valence-corrected chi connectivity index (χ2v) is 5.53. The Hall–Kier alpha value is -2.73. The minimum absolute atomic E-state index is 0.0896. The molecule has 3 rings (SSSR count). The maximum absolute atomic E-state index is 13.0. The lowest BCUT2D eigenvalue weighted by Gasteiger charge is -2.15. The predicted molar refractivity (Wildman–Crippen MR) is 87.1 cm³/mol. The molecule has 1 heterocycles. The first-order valence-electron chi connectivity index (χ1n) is 7.57. The van der Waals surface area contributed by atoms with Gasteiger partial charge in [-0.1, -0.05) is 12.1 Å². The normalized spacial score (nSPS) is 17.4. The van der Waals surface area contributed by atoms with E-state index >= 15 is 0 Å². The van der Waals surface area contributed by atoms with Gasteiger partial charge in [0.1, 0.15) is 11.6 Å². The van der Waals surface area contributed by atoms with Crippen molar-refractivity contribution < 1.29 is 18.7 Å². The number of methoxy groups -OCH3 is 1. The Balaban J connectivity index is 1.66. The summed E-state index contributed by atoms with van der Waals surface area (Å²) >= 11 is 0. The van der Waals surface area contributed by atoms with Crippen LogP contribution in [0, 0.1) is 5.82 Å². The quantitative estimate of drug-likeness (QED) is 0.856. The Morgan fingerprint density at radius 3 is 2.42 bits per heavy atom. The van der Waals surface area contributed by atoms with E-state index in [4.69, 9.17) is 4.74 Å². The fourth-order valence-corrected chi connectivity index (χ4v) is 2.64. The lowest BCUT2D eigenvalue weighted by Crippen LogP contribution is -2.38. The van der Waals surface area contributed by atoms with Crippen molar-refractivity contribution in [1.29, 1.82) is 0 Å². The van der Waals surface area contributed by atoms with Crippen molar-refractivity contribution in [2.45, 2.75) is 19.0 Å².